The molecule has 2 rings (SSSR count). The van der Waals surface area contributed by atoms with Crippen LogP contribution in [0.15, 0.2) is 18.2 Å². The lowest BCUT2D eigenvalue weighted by Crippen LogP contribution is -2.50. The molecule has 1 amide bonds. The largest absolute Gasteiger partial charge is 0.384 e. The third-order valence-corrected chi connectivity index (χ3v) is 2.70. The van der Waals surface area contributed by atoms with Gasteiger partial charge in [-0.15, -0.1) is 12.4 Å². The van der Waals surface area contributed by atoms with Crippen LogP contribution in [0.1, 0.15) is 24.3 Å². The van der Waals surface area contributed by atoms with Gasteiger partial charge in [-0.05, 0) is 26.0 Å². The van der Waals surface area contributed by atoms with Crippen molar-refractivity contribution >= 4 is 24.1 Å². The molecule has 2 N–H and O–H groups in total. The van der Waals surface area contributed by atoms with Crippen molar-refractivity contribution in [2.45, 2.75) is 19.4 Å². The number of aromatic nitrogens is 1. The first-order chi connectivity index (χ1) is 7.98. The zero-order valence-corrected chi connectivity index (χ0v) is 11.4. The second-order valence-corrected chi connectivity index (χ2v) is 4.78. The molecule has 1 aromatic rings. The minimum Gasteiger partial charge on any atom is -0.384 e. The van der Waals surface area contributed by atoms with Gasteiger partial charge in [0.1, 0.15) is 11.5 Å². The van der Waals surface area contributed by atoms with Crippen molar-refractivity contribution in [2.24, 2.45) is 0 Å². The lowest BCUT2D eigenvalue weighted by Gasteiger charge is -2.37. The molecule has 1 aliphatic heterocycles. The van der Waals surface area contributed by atoms with Crippen LogP contribution in [0, 0.1) is 0 Å². The fourth-order valence-electron chi connectivity index (χ4n) is 1.92. The Balaban J connectivity index is 0.00000162. The number of carbonyl (C=O) groups is 1. The number of hydrogen-bond acceptors (Lipinski definition) is 4. The van der Waals surface area contributed by atoms with E-state index in [1.165, 1.54) is 0 Å². The zero-order valence-electron chi connectivity index (χ0n) is 10.5. The molecule has 0 radical (unpaired) electrons. The fourth-order valence-corrected chi connectivity index (χ4v) is 1.92. The quantitative estimate of drug-likeness (QED) is 0.837. The number of amides is 1. The molecule has 5 nitrogen and oxygen atoms in total. The number of rotatable bonds is 1. The van der Waals surface area contributed by atoms with Crippen molar-refractivity contribution < 1.29 is 9.53 Å². The summed E-state index contributed by atoms with van der Waals surface area (Å²) in [7, 11) is 0. The minimum atomic E-state index is -0.297. The van der Waals surface area contributed by atoms with E-state index in [4.69, 9.17) is 10.5 Å². The van der Waals surface area contributed by atoms with E-state index in [0.29, 0.717) is 31.2 Å². The fraction of sp³-hybridized carbons (Fsp3) is 0.500. The predicted octanol–water partition coefficient (Wildman–Crippen LogP) is 1.34. The van der Waals surface area contributed by atoms with Crippen LogP contribution in [0.25, 0.3) is 0 Å². The second-order valence-electron chi connectivity index (χ2n) is 4.78. The van der Waals surface area contributed by atoms with Gasteiger partial charge in [0.2, 0.25) is 0 Å². The maximum Gasteiger partial charge on any atom is 0.272 e. The Morgan fingerprint density at radius 2 is 2.22 bits per heavy atom. The third kappa shape index (κ3) is 3.34. The average Bonchev–Trinajstić information content (AvgIpc) is 2.26. The van der Waals surface area contributed by atoms with E-state index in [2.05, 4.69) is 4.98 Å². The van der Waals surface area contributed by atoms with Crippen LogP contribution in [-0.2, 0) is 4.74 Å². The molecule has 0 unspecified atom stereocenters. The monoisotopic (exact) mass is 271 g/mol. The topological polar surface area (TPSA) is 68.5 Å². The molecule has 0 aliphatic carbocycles. The number of hydrogen-bond donors (Lipinski definition) is 1. The van der Waals surface area contributed by atoms with E-state index in [9.17, 15) is 4.79 Å². The number of pyridine rings is 1. The number of anilines is 1. The Kier molecular flexibility index (Phi) is 4.53. The Labute approximate surface area is 113 Å². The zero-order chi connectivity index (χ0) is 12.5. The number of halogens is 1. The maximum atomic E-state index is 12.2. The summed E-state index contributed by atoms with van der Waals surface area (Å²) in [5, 5.41) is 0. The molecular formula is C12H18ClN3O2. The maximum absolute atomic E-state index is 12.2. The summed E-state index contributed by atoms with van der Waals surface area (Å²) in [6.45, 7) is 5.67. The van der Waals surface area contributed by atoms with Crippen LogP contribution in [0.4, 0.5) is 5.82 Å². The number of nitrogens with zero attached hydrogens (tertiary/aromatic N) is 2. The van der Waals surface area contributed by atoms with Crippen LogP contribution in [0.3, 0.4) is 0 Å². The normalized spacial score (nSPS) is 18.0. The number of carbonyl (C=O) groups excluding carboxylic acids is 1. The summed E-state index contributed by atoms with van der Waals surface area (Å²) in [4.78, 5) is 18.0. The number of ether oxygens (including phenoxy) is 1. The van der Waals surface area contributed by atoms with E-state index >= 15 is 0 Å². The summed E-state index contributed by atoms with van der Waals surface area (Å²) < 4.78 is 5.57. The number of nitrogen functional groups attached to an aromatic ring is 1. The van der Waals surface area contributed by atoms with Crippen LogP contribution in [-0.4, -0.2) is 41.1 Å². The van der Waals surface area contributed by atoms with Gasteiger partial charge in [-0.3, -0.25) is 4.79 Å². The molecule has 2 heterocycles. The van der Waals surface area contributed by atoms with Gasteiger partial charge in [0.25, 0.3) is 5.91 Å². The van der Waals surface area contributed by atoms with Gasteiger partial charge in [-0.1, -0.05) is 6.07 Å². The first-order valence-corrected chi connectivity index (χ1v) is 5.64. The molecule has 1 fully saturated rings. The Morgan fingerprint density at radius 3 is 2.83 bits per heavy atom. The van der Waals surface area contributed by atoms with Gasteiger partial charge in [0.15, 0.2) is 0 Å². The molecule has 0 spiro atoms. The molecule has 0 saturated carbocycles. The highest BCUT2D eigenvalue weighted by Gasteiger charge is 2.30. The number of nitrogens with two attached hydrogens (primary N) is 1. The van der Waals surface area contributed by atoms with Crippen molar-refractivity contribution in [2.75, 3.05) is 25.4 Å². The summed E-state index contributed by atoms with van der Waals surface area (Å²) >= 11 is 0. The van der Waals surface area contributed by atoms with Gasteiger partial charge in [-0.2, -0.15) is 0 Å². The second kappa shape index (κ2) is 5.54. The van der Waals surface area contributed by atoms with E-state index in [1.54, 1.807) is 23.1 Å². The van der Waals surface area contributed by atoms with Gasteiger partial charge >= 0.3 is 0 Å². The summed E-state index contributed by atoms with van der Waals surface area (Å²) in [5.41, 5.74) is 5.67. The van der Waals surface area contributed by atoms with Crippen molar-refractivity contribution in [3.63, 3.8) is 0 Å². The van der Waals surface area contributed by atoms with Gasteiger partial charge in [0, 0.05) is 13.1 Å². The van der Waals surface area contributed by atoms with E-state index in [1.807, 2.05) is 13.8 Å². The van der Waals surface area contributed by atoms with Crippen molar-refractivity contribution in [1.82, 2.24) is 9.88 Å². The van der Waals surface area contributed by atoms with Crippen molar-refractivity contribution in [3.05, 3.63) is 23.9 Å². The molecule has 1 aliphatic rings. The minimum absolute atomic E-state index is 0. The average molecular weight is 272 g/mol. The first kappa shape index (κ1) is 14.7. The van der Waals surface area contributed by atoms with E-state index in [-0.39, 0.29) is 23.9 Å². The lowest BCUT2D eigenvalue weighted by atomic mass is 10.1. The molecule has 100 valence electrons. The molecule has 6 heteroatoms. The van der Waals surface area contributed by atoms with E-state index in [0.717, 1.165) is 0 Å². The van der Waals surface area contributed by atoms with Crippen LogP contribution in [0.5, 0.6) is 0 Å². The van der Waals surface area contributed by atoms with Crippen molar-refractivity contribution in [3.8, 4) is 0 Å². The smallest absolute Gasteiger partial charge is 0.272 e. The molecule has 18 heavy (non-hydrogen) atoms. The van der Waals surface area contributed by atoms with E-state index < -0.39 is 0 Å². The van der Waals surface area contributed by atoms with Crippen molar-refractivity contribution in [1.29, 1.82) is 0 Å². The summed E-state index contributed by atoms with van der Waals surface area (Å²) in [6, 6.07) is 5.09. The molecule has 1 saturated heterocycles. The molecule has 0 bridgehead atoms. The highest BCUT2D eigenvalue weighted by molar-refractivity contribution is 5.92. The van der Waals surface area contributed by atoms with Crippen LogP contribution >= 0.6 is 12.4 Å². The SMILES string of the molecule is CC1(C)CN(C(=O)c2cccc(N)n2)CCO1.Cl. The highest BCUT2D eigenvalue weighted by atomic mass is 35.5. The highest BCUT2D eigenvalue weighted by Crippen LogP contribution is 2.18. The van der Waals surface area contributed by atoms with Crippen LogP contribution < -0.4 is 5.73 Å². The number of morpholine rings is 1. The molecule has 0 aromatic carbocycles. The lowest BCUT2D eigenvalue weighted by molar-refractivity contribution is -0.0765. The van der Waals surface area contributed by atoms with Gasteiger partial charge in [-0.25, -0.2) is 4.98 Å². The summed E-state index contributed by atoms with van der Waals surface area (Å²) in [5.74, 6) is 0.275. The molecule has 0 atom stereocenters. The predicted molar refractivity (Wildman–Crippen MR) is 71.8 cm³/mol. The van der Waals surface area contributed by atoms with Gasteiger partial charge < -0.3 is 15.4 Å². The summed E-state index contributed by atoms with van der Waals surface area (Å²) in [6.07, 6.45) is 0. The Bertz CT molecular complexity index is 437. The Hall–Kier alpha value is -1.33. The van der Waals surface area contributed by atoms with Crippen LogP contribution in [0.2, 0.25) is 0 Å². The van der Waals surface area contributed by atoms with Gasteiger partial charge in [0.05, 0.1) is 12.2 Å². The third-order valence-electron chi connectivity index (χ3n) is 2.70. The standard InChI is InChI=1S/C12H17N3O2.ClH/c1-12(2)8-15(6-7-17-12)11(16)9-4-3-5-10(13)14-9;/h3-5H,6-8H2,1-2H3,(H2,13,14);1H. The molecular weight excluding hydrogens is 254 g/mol. The Morgan fingerprint density at radius 1 is 1.50 bits per heavy atom. The molecule has 1 aromatic heterocycles. The first-order valence-electron chi connectivity index (χ1n) is 5.64.